The first kappa shape index (κ1) is 13.2. The number of carbonyl (C=O) groups excluding carboxylic acids is 1. The number of aliphatic hydroxyl groups is 1. The first-order chi connectivity index (χ1) is 8.67. The number of hydrogen-bond acceptors (Lipinski definition) is 3. The normalized spacial score (nSPS) is 16.9. The number of amides is 1. The Balaban J connectivity index is 1.96. The van der Waals surface area contributed by atoms with Crippen molar-refractivity contribution < 1.29 is 9.90 Å². The molecule has 1 aliphatic rings. The molecule has 0 unspecified atom stereocenters. The van der Waals surface area contributed by atoms with E-state index in [-0.39, 0.29) is 17.9 Å². The van der Waals surface area contributed by atoms with Gasteiger partial charge in [0.2, 0.25) is 0 Å². The SMILES string of the molecule is O=C(NCC1(CCO)CCC1)c1ccc[nH]c1=S. The highest BCUT2D eigenvalue weighted by Crippen LogP contribution is 2.43. The third-order valence-corrected chi connectivity index (χ3v) is 4.08. The Morgan fingerprint density at radius 2 is 2.33 bits per heavy atom. The van der Waals surface area contributed by atoms with Gasteiger partial charge in [-0.25, -0.2) is 0 Å². The Morgan fingerprint density at radius 3 is 2.89 bits per heavy atom. The van der Waals surface area contributed by atoms with Crippen molar-refractivity contribution in [3.8, 4) is 0 Å². The summed E-state index contributed by atoms with van der Waals surface area (Å²) in [6.45, 7) is 0.803. The second-order valence-electron chi connectivity index (χ2n) is 4.92. The maximum atomic E-state index is 12.0. The van der Waals surface area contributed by atoms with Gasteiger partial charge in [-0.1, -0.05) is 18.6 Å². The lowest BCUT2D eigenvalue weighted by atomic mass is 9.67. The van der Waals surface area contributed by atoms with Crippen LogP contribution in [0.5, 0.6) is 0 Å². The van der Waals surface area contributed by atoms with Crippen molar-refractivity contribution in [2.24, 2.45) is 5.41 Å². The zero-order valence-electron chi connectivity index (χ0n) is 10.2. The molecule has 18 heavy (non-hydrogen) atoms. The smallest absolute Gasteiger partial charge is 0.254 e. The van der Waals surface area contributed by atoms with Crippen molar-refractivity contribution in [1.29, 1.82) is 0 Å². The van der Waals surface area contributed by atoms with Crippen molar-refractivity contribution in [3.05, 3.63) is 28.5 Å². The number of hydrogen-bond donors (Lipinski definition) is 3. The van der Waals surface area contributed by atoms with Crippen LogP contribution in [0.2, 0.25) is 0 Å². The van der Waals surface area contributed by atoms with Crippen molar-refractivity contribution in [3.63, 3.8) is 0 Å². The molecule has 0 saturated heterocycles. The van der Waals surface area contributed by atoms with Gasteiger partial charge in [-0.2, -0.15) is 0 Å². The van der Waals surface area contributed by atoms with Gasteiger partial charge in [0.15, 0.2) is 0 Å². The van der Waals surface area contributed by atoms with Crippen LogP contribution in [0.4, 0.5) is 0 Å². The number of H-pyrrole nitrogens is 1. The molecular formula is C13H18N2O2S. The van der Waals surface area contributed by atoms with Gasteiger partial charge in [-0.15, -0.1) is 0 Å². The fourth-order valence-electron chi connectivity index (χ4n) is 2.39. The Hall–Kier alpha value is -1.20. The van der Waals surface area contributed by atoms with E-state index < -0.39 is 0 Å². The van der Waals surface area contributed by atoms with Gasteiger partial charge >= 0.3 is 0 Å². The zero-order chi connectivity index (χ0) is 13.0. The lowest BCUT2D eigenvalue weighted by Crippen LogP contribution is -2.42. The molecule has 0 radical (unpaired) electrons. The molecule has 1 heterocycles. The lowest BCUT2D eigenvalue weighted by molar-refractivity contribution is 0.0732. The summed E-state index contributed by atoms with van der Waals surface area (Å²) in [5.74, 6) is -0.138. The molecule has 3 N–H and O–H groups in total. The first-order valence-electron chi connectivity index (χ1n) is 6.24. The minimum absolute atomic E-state index is 0.102. The number of aliphatic hydroxyl groups excluding tert-OH is 1. The molecule has 0 bridgehead atoms. The van der Waals surface area contributed by atoms with Crippen molar-refractivity contribution in [1.82, 2.24) is 10.3 Å². The van der Waals surface area contributed by atoms with Crippen LogP contribution >= 0.6 is 12.2 Å². The Kier molecular flexibility index (Phi) is 4.14. The molecule has 1 saturated carbocycles. The predicted octanol–water partition coefficient (Wildman–Crippen LogP) is 2.03. The lowest BCUT2D eigenvalue weighted by Gasteiger charge is -2.41. The van der Waals surface area contributed by atoms with Crippen LogP contribution in [-0.4, -0.2) is 29.1 Å². The van der Waals surface area contributed by atoms with E-state index in [0.29, 0.717) is 16.7 Å². The van der Waals surface area contributed by atoms with Crippen LogP contribution < -0.4 is 5.32 Å². The van der Waals surface area contributed by atoms with E-state index in [1.165, 1.54) is 6.42 Å². The summed E-state index contributed by atoms with van der Waals surface area (Å²) in [6, 6.07) is 3.48. The van der Waals surface area contributed by atoms with E-state index in [0.717, 1.165) is 19.3 Å². The van der Waals surface area contributed by atoms with Gasteiger partial charge in [-0.3, -0.25) is 4.79 Å². The third-order valence-electron chi connectivity index (χ3n) is 3.74. The highest BCUT2D eigenvalue weighted by atomic mass is 32.1. The van der Waals surface area contributed by atoms with E-state index in [1.807, 2.05) is 0 Å². The number of rotatable bonds is 5. The Bertz CT molecular complexity index is 480. The van der Waals surface area contributed by atoms with Crippen molar-refractivity contribution >= 4 is 18.1 Å². The molecule has 0 aromatic carbocycles. The van der Waals surface area contributed by atoms with Crippen molar-refractivity contribution in [2.75, 3.05) is 13.2 Å². The summed E-state index contributed by atoms with van der Waals surface area (Å²) >= 11 is 5.07. The average Bonchev–Trinajstić information content (AvgIpc) is 2.32. The van der Waals surface area contributed by atoms with E-state index in [2.05, 4.69) is 10.3 Å². The number of aromatic amines is 1. The summed E-state index contributed by atoms with van der Waals surface area (Å²) in [6.07, 6.45) is 5.81. The Morgan fingerprint density at radius 1 is 1.56 bits per heavy atom. The molecule has 4 nitrogen and oxygen atoms in total. The molecule has 2 rings (SSSR count). The van der Waals surface area contributed by atoms with Gasteiger partial charge in [0.05, 0.1) is 5.56 Å². The fraction of sp³-hybridized carbons (Fsp3) is 0.538. The molecule has 98 valence electrons. The summed E-state index contributed by atoms with van der Waals surface area (Å²) in [5, 5.41) is 12.0. The van der Waals surface area contributed by atoms with Crippen molar-refractivity contribution in [2.45, 2.75) is 25.7 Å². The van der Waals surface area contributed by atoms with Gasteiger partial charge < -0.3 is 15.4 Å². The second kappa shape index (κ2) is 5.63. The molecule has 1 aliphatic carbocycles. The topological polar surface area (TPSA) is 65.1 Å². The maximum Gasteiger partial charge on any atom is 0.254 e. The highest BCUT2D eigenvalue weighted by molar-refractivity contribution is 7.71. The fourth-order valence-corrected chi connectivity index (χ4v) is 2.62. The average molecular weight is 266 g/mol. The van der Waals surface area contributed by atoms with Gasteiger partial charge in [-0.05, 0) is 36.8 Å². The van der Waals surface area contributed by atoms with Crippen LogP contribution in [0.3, 0.4) is 0 Å². The first-order valence-corrected chi connectivity index (χ1v) is 6.64. The van der Waals surface area contributed by atoms with E-state index in [9.17, 15) is 4.79 Å². The second-order valence-corrected chi connectivity index (χ2v) is 5.33. The molecule has 1 aromatic heterocycles. The quantitative estimate of drug-likeness (QED) is 0.714. The van der Waals surface area contributed by atoms with Crippen LogP contribution in [0.15, 0.2) is 18.3 Å². The van der Waals surface area contributed by atoms with E-state index in [1.54, 1.807) is 18.3 Å². The minimum atomic E-state index is -0.138. The summed E-state index contributed by atoms with van der Waals surface area (Å²) < 4.78 is 0.458. The van der Waals surface area contributed by atoms with Crippen LogP contribution in [0.25, 0.3) is 0 Å². The molecule has 1 aromatic rings. The molecular weight excluding hydrogens is 248 g/mol. The molecule has 0 atom stereocenters. The summed E-state index contributed by atoms with van der Waals surface area (Å²) in [5.41, 5.74) is 0.607. The van der Waals surface area contributed by atoms with Crippen LogP contribution in [0.1, 0.15) is 36.0 Å². The third kappa shape index (κ3) is 2.79. The molecule has 0 aliphatic heterocycles. The molecule has 1 fully saturated rings. The van der Waals surface area contributed by atoms with Gasteiger partial charge in [0.1, 0.15) is 4.64 Å². The Labute approximate surface area is 111 Å². The van der Waals surface area contributed by atoms with Gasteiger partial charge in [0.25, 0.3) is 5.91 Å². The van der Waals surface area contributed by atoms with Crippen LogP contribution in [0, 0.1) is 10.1 Å². The maximum absolute atomic E-state index is 12.0. The summed E-state index contributed by atoms with van der Waals surface area (Å²) in [4.78, 5) is 14.8. The standard InChI is InChI=1S/C13H18N2O2S/c16-8-6-13(4-2-5-13)9-15-11(17)10-3-1-7-14-12(10)18/h1,3,7,16H,2,4-6,8-9H2,(H,14,18)(H,15,17). The number of nitrogens with one attached hydrogen (secondary N) is 2. The number of carbonyl (C=O) groups is 1. The zero-order valence-corrected chi connectivity index (χ0v) is 11.1. The monoisotopic (exact) mass is 266 g/mol. The van der Waals surface area contributed by atoms with Gasteiger partial charge in [0, 0.05) is 19.3 Å². The molecule has 0 spiro atoms. The summed E-state index contributed by atoms with van der Waals surface area (Å²) in [7, 11) is 0. The largest absolute Gasteiger partial charge is 0.396 e. The van der Waals surface area contributed by atoms with E-state index in [4.69, 9.17) is 17.3 Å². The van der Waals surface area contributed by atoms with Crippen LogP contribution in [-0.2, 0) is 0 Å². The highest BCUT2D eigenvalue weighted by Gasteiger charge is 2.36. The van der Waals surface area contributed by atoms with E-state index >= 15 is 0 Å². The predicted molar refractivity (Wildman–Crippen MR) is 71.9 cm³/mol. The minimum Gasteiger partial charge on any atom is -0.396 e. The molecule has 1 amide bonds. The molecule has 5 heteroatoms. The number of aromatic nitrogens is 1. The number of pyridine rings is 1.